The van der Waals surface area contributed by atoms with Gasteiger partial charge in [-0.05, 0) is 52.4 Å². The highest BCUT2D eigenvalue weighted by Gasteiger charge is 2.42. The van der Waals surface area contributed by atoms with Gasteiger partial charge < -0.3 is 16.0 Å². The van der Waals surface area contributed by atoms with E-state index in [9.17, 15) is 18.0 Å². The van der Waals surface area contributed by atoms with Crippen LogP contribution in [-0.4, -0.2) is 42.0 Å². The number of carbonyl (C=O) groups is 1. The molecule has 1 saturated heterocycles. The fourth-order valence-corrected chi connectivity index (χ4v) is 3.82. The van der Waals surface area contributed by atoms with Gasteiger partial charge in [0.05, 0.1) is 5.54 Å². The van der Waals surface area contributed by atoms with Gasteiger partial charge in [-0.25, -0.2) is 13.2 Å². The summed E-state index contributed by atoms with van der Waals surface area (Å²) in [5, 5.41) is 3.24. The monoisotopic (exact) mass is 517 g/mol. The smallest absolute Gasteiger partial charge is 0.254 e. The molecular weight excluding hydrogens is 494 g/mol. The van der Waals surface area contributed by atoms with Crippen molar-refractivity contribution in [1.29, 1.82) is 0 Å². The van der Waals surface area contributed by atoms with Crippen LogP contribution in [0, 0.1) is 21.0 Å². The fraction of sp³-hybridized carbons (Fsp3) is 0.381. The van der Waals surface area contributed by atoms with Crippen LogP contribution >= 0.6 is 22.6 Å². The number of halogens is 4. The van der Waals surface area contributed by atoms with Crippen LogP contribution in [0.1, 0.15) is 35.3 Å². The summed E-state index contributed by atoms with van der Waals surface area (Å²) in [6.45, 7) is 5.17. The summed E-state index contributed by atoms with van der Waals surface area (Å²) in [5.74, 6) is -3.16. The van der Waals surface area contributed by atoms with Crippen LogP contribution in [0.15, 0.2) is 30.3 Å². The first-order valence-corrected chi connectivity index (χ1v) is 10.4. The van der Waals surface area contributed by atoms with Crippen LogP contribution in [0.2, 0.25) is 0 Å². The molecule has 0 aromatic heterocycles. The highest BCUT2D eigenvalue weighted by Crippen LogP contribution is 2.27. The lowest BCUT2D eigenvalue weighted by molar-refractivity contribution is 0.0405. The van der Waals surface area contributed by atoms with Crippen LogP contribution < -0.4 is 11.1 Å². The van der Waals surface area contributed by atoms with Crippen molar-refractivity contribution in [3.8, 4) is 0 Å². The molecule has 1 heterocycles. The van der Waals surface area contributed by atoms with Gasteiger partial charge in [-0.2, -0.15) is 0 Å². The predicted molar refractivity (Wildman–Crippen MR) is 114 cm³/mol. The Bertz CT molecular complexity index is 930. The number of rotatable bonds is 6. The number of carbonyl (C=O) groups excluding carboxylic acids is 1. The minimum atomic E-state index is -1.13. The van der Waals surface area contributed by atoms with Gasteiger partial charge in [0.2, 0.25) is 0 Å². The van der Waals surface area contributed by atoms with Gasteiger partial charge in [-0.3, -0.25) is 4.79 Å². The van der Waals surface area contributed by atoms with E-state index in [0.717, 1.165) is 6.07 Å². The maximum atomic E-state index is 14.6. The molecule has 29 heavy (non-hydrogen) atoms. The molecule has 2 aromatic rings. The Morgan fingerprint density at radius 2 is 1.90 bits per heavy atom. The zero-order valence-corrected chi connectivity index (χ0v) is 18.4. The molecule has 0 unspecified atom stereocenters. The number of hydrogen-bond acceptors (Lipinski definition) is 3. The first kappa shape index (κ1) is 22.0. The van der Waals surface area contributed by atoms with Gasteiger partial charge >= 0.3 is 0 Å². The second-order valence-electron chi connectivity index (χ2n) is 7.86. The third-order valence-electron chi connectivity index (χ3n) is 4.97. The summed E-state index contributed by atoms with van der Waals surface area (Å²) in [5.41, 5.74) is 5.79. The van der Waals surface area contributed by atoms with Crippen LogP contribution in [0.3, 0.4) is 0 Å². The van der Waals surface area contributed by atoms with Gasteiger partial charge in [0.25, 0.3) is 5.91 Å². The van der Waals surface area contributed by atoms with E-state index >= 15 is 0 Å². The molecule has 2 aromatic carbocycles. The first-order chi connectivity index (χ1) is 13.6. The molecule has 8 heteroatoms. The maximum Gasteiger partial charge on any atom is 0.254 e. The zero-order valence-electron chi connectivity index (χ0n) is 16.2. The van der Waals surface area contributed by atoms with E-state index in [1.807, 2.05) is 36.4 Å². The lowest BCUT2D eigenvalue weighted by atomic mass is 9.89. The third kappa shape index (κ3) is 4.92. The zero-order chi connectivity index (χ0) is 21.3. The van der Waals surface area contributed by atoms with E-state index in [1.165, 1.54) is 23.1 Å². The molecule has 0 atom stereocenters. The number of nitrogens with one attached hydrogen (secondary N) is 1. The molecule has 1 fully saturated rings. The third-order valence-corrected chi connectivity index (χ3v) is 5.64. The minimum Gasteiger partial charge on any atom is -0.335 e. The molecule has 1 aliphatic heterocycles. The van der Waals surface area contributed by atoms with Crippen molar-refractivity contribution in [3.05, 3.63) is 68.0 Å². The van der Waals surface area contributed by atoms with Gasteiger partial charge in [0.15, 0.2) is 11.6 Å². The normalized spacial score (nSPS) is 15.5. The van der Waals surface area contributed by atoms with E-state index in [4.69, 9.17) is 5.73 Å². The fourth-order valence-electron chi connectivity index (χ4n) is 3.37. The van der Waals surface area contributed by atoms with E-state index in [-0.39, 0.29) is 29.2 Å². The summed E-state index contributed by atoms with van der Waals surface area (Å²) < 4.78 is 43.4. The standard InChI is InChI=1S/C21H23F3IN3O/c1-12(2)27-9-21(26)10-28(11-21)20(29)15-5-6-17(22)19(24)16(15)7-13-3-4-14(25)8-18(13)23/h3-6,8,12,27H,7,9-11,26H2,1-2H3. The number of nitrogens with zero attached hydrogens (tertiary/aromatic N) is 1. The molecule has 156 valence electrons. The van der Waals surface area contributed by atoms with Gasteiger partial charge in [0.1, 0.15) is 5.82 Å². The Hall–Kier alpha value is -1.65. The van der Waals surface area contributed by atoms with E-state index in [1.54, 1.807) is 6.07 Å². The Balaban J connectivity index is 1.83. The van der Waals surface area contributed by atoms with Crippen molar-refractivity contribution < 1.29 is 18.0 Å². The topological polar surface area (TPSA) is 58.4 Å². The molecule has 4 nitrogen and oxygen atoms in total. The average molecular weight is 517 g/mol. The maximum absolute atomic E-state index is 14.6. The molecule has 1 amide bonds. The summed E-state index contributed by atoms with van der Waals surface area (Å²) in [6, 6.07) is 6.95. The van der Waals surface area contributed by atoms with Gasteiger partial charge in [-0.1, -0.05) is 19.9 Å². The second-order valence-corrected chi connectivity index (χ2v) is 9.10. The molecule has 1 aliphatic rings. The SMILES string of the molecule is CC(C)NCC1(N)CN(C(=O)c2ccc(F)c(F)c2Cc2ccc(I)cc2F)C1. The number of nitrogens with two attached hydrogens (primary N) is 1. The summed E-state index contributed by atoms with van der Waals surface area (Å²) in [4.78, 5) is 14.4. The molecule has 3 N–H and O–H groups in total. The largest absolute Gasteiger partial charge is 0.335 e. The molecule has 0 radical (unpaired) electrons. The van der Waals surface area contributed by atoms with E-state index in [2.05, 4.69) is 5.32 Å². The van der Waals surface area contributed by atoms with Crippen molar-refractivity contribution in [3.63, 3.8) is 0 Å². The second kappa shape index (κ2) is 8.61. The number of amides is 1. The minimum absolute atomic E-state index is 0.0284. The highest BCUT2D eigenvalue weighted by molar-refractivity contribution is 14.1. The van der Waals surface area contributed by atoms with E-state index < -0.39 is 28.9 Å². The van der Waals surface area contributed by atoms with Crippen LogP contribution in [0.5, 0.6) is 0 Å². The molecule has 0 saturated carbocycles. The number of likely N-dealkylation sites (tertiary alicyclic amines) is 1. The van der Waals surface area contributed by atoms with Crippen molar-refractivity contribution in [1.82, 2.24) is 10.2 Å². The summed E-state index contributed by atoms with van der Waals surface area (Å²) >= 11 is 1.97. The summed E-state index contributed by atoms with van der Waals surface area (Å²) in [6.07, 6.45) is -0.218. The first-order valence-electron chi connectivity index (χ1n) is 9.32. The highest BCUT2D eigenvalue weighted by atomic mass is 127. The quantitative estimate of drug-likeness (QED) is 0.578. The van der Waals surface area contributed by atoms with Crippen molar-refractivity contribution >= 4 is 28.5 Å². The average Bonchev–Trinajstić information content (AvgIpc) is 2.63. The summed E-state index contributed by atoms with van der Waals surface area (Å²) in [7, 11) is 0. The van der Waals surface area contributed by atoms with Gasteiger partial charge in [0, 0.05) is 46.8 Å². The Kier molecular flexibility index (Phi) is 6.54. The Morgan fingerprint density at radius 1 is 1.21 bits per heavy atom. The van der Waals surface area contributed by atoms with Crippen LogP contribution in [-0.2, 0) is 6.42 Å². The Morgan fingerprint density at radius 3 is 2.52 bits per heavy atom. The number of hydrogen-bond donors (Lipinski definition) is 2. The van der Waals surface area contributed by atoms with E-state index in [0.29, 0.717) is 23.2 Å². The molecule has 3 rings (SSSR count). The van der Waals surface area contributed by atoms with Crippen LogP contribution in [0.25, 0.3) is 0 Å². The number of benzene rings is 2. The lowest BCUT2D eigenvalue weighted by Gasteiger charge is -2.48. The molecule has 0 aliphatic carbocycles. The molecule has 0 spiro atoms. The van der Waals surface area contributed by atoms with Crippen molar-refractivity contribution in [2.45, 2.75) is 31.8 Å². The van der Waals surface area contributed by atoms with Crippen LogP contribution in [0.4, 0.5) is 13.2 Å². The predicted octanol–water partition coefficient (Wildman–Crippen LogP) is 3.45. The van der Waals surface area contributed by atoms with Gasteiger partial charge in [-0.15, -0.1) is 0 Å². The molecule has 0 bridgehead atoms. The van der Waals surface area contributed by atoms with Crippen molar-refractivity contribution in [2.24, 2.45) is 5.73 Å². The molecular formula is C21H23F3IN3O. The Labute approximate surface area is 181 Å². The van der Waals surface area contributed by atoms with Crippen molar-refractivity contribution in [2.75, 3.05) is 19.6 Å². The lowest BCUT2D eigenvalue weighted by Crippen LogP contribution is -2.72.